The first kappa shape index (κ1) is 13.4. The van der Waals surface area contributed by atoms with Crippen molar-refractivity contribution < 1.29 is 9.53 Å². The third-order valence-electron chi connectivity index (χ3n) is 2.17. The first-order valence-electron chi connectivity index (χ1n) is 5.67. The van der Waals surface area contributed by atoms with Crippen LogP contribution in [0.3, 0.4) is 0 Å². The van der Waals surface area contributed by atoms with E-state index in [4.69, 9.17) is 4.74 Å². The zero-order valence-electron chi connectivity index (χ0n) is 10.5. The van der Waals surface area contributed by atoms with Crippen LogP contribution in [0.1, 0.15) is 24.3 Å². The van der Waals surface area contributed by atoms with Crippen LogP contribution in [0, 0.1) is 0 Å². The Hall–Kier alpha value is -1.62. The van der Waals surface area contributed by atoms with Gasteiger partial charge in [-0.1, -0.05) is 0 Å². The SMILES string of the molecule is CCNc1ccnc(C(=O)NC(C)COC)c1. The molecule has 0 aliphatic heterocycles. The average Bonchev–Trinajstić information content (AvgIpc) is 2.30. The van der Waals surface area contributed by atoms with Crippen LogP contribution in [-0.4, -0.2) is 37.2 Å². The third-order valence-corrected chi connectivity index (χ3v) is 2.17. The van der Waals surface area contributed by atoms with Crippen LogP contribution < -0.4 is 10.6 Å². The molecule has 5 heteroatoms. The molecule has 17 heavy (non-hydrogen) atoms. The molecule has 5 nitrogen and oxygen atoms in total. The number of hydrogen-bond donors (Lipinski definition) is 2. The standard InChI is InChI=1S/C12H19N3O2/c1-4-13-10-5-6-14-11(7-10)12(16)15-9(2)8-17-3/h5-7,9H,4,8H2,1-3H3,(H,13,14)(H,15,16). The van der Waals surface area contributed by atoms with Gasteiger partial charge in [0.2, 0.25) is 0 Å². The van der Waals surface area contributed by atoms with Gasteiger partial charge in [-0.25, -0.2) is 0 Å². The lowest BCUT2D eigenvalue weighted by atomic mass is 10.2. The third kappa shape index (κ3) is 4.40. The first-order chi connectivity index (χ1) is 8.17. The lowest BCUT2D eigenvalue weighted by Crippen LogP contribution is -2.36. The molecule has 0 spiro atoms. The summed E-state index contributed by atoms with van der Waals surface area (Å²) in [4.78, 5) is 15.9. The minimum absolute atomic E-state index is 0.0305. The fourth-order valence-electron chi connectivity index (χ4n) is 1.46. The monoisotopic (exact) mass is 237 g/mol. The number of pyridine rings is 1. The fourth-order valence-corrected chi connectivity index (χ4v) is 1.46. The average molecular weight is 237 g/mol. The number of carbonyl (C=O) groups excluding carboxylic acids is 1. The van der Waals surface area contributed by atoms with Gasteiger partial charge < -0.3 is 15.4 Å². The number of ether oxygens (including phenoxy) is 1. The Labute approximate surface area is 102 Å². The molecule has 1 rings (SSSR count). The predicted molar refractivity (Wildman–Crippen MR) is 67.2 cm³/mol. The van der Waals surface area contributed by atoms with Crippen molar-refractivity contribution in [2.45, 2.75) is 19.9 Å². The van der Waals surface area contributed by atoms with Gasteiger partial charge in [0.1, 0.15) is 5.69 Å². The van der Waals surface area contributed by atoms with Crippen LogP contribution in [0.4, 0.5) is 5.69 Å². The van der Waals surface area contributed by atoms with Crippen LogP contribution in [0.5, 0.6) is 0 Å². The van der Waals surface area contributed by atoms with Crippen molar-refractivity contribution in [3.05, 3.63) is 24.0 Å². The lowest BCUT2D eigenvalue weighted by Gasteiger charge is -2.12. The van der Waals surface area contributed by atoms with E-state index in [0.29, 0.717) is 12.3 Å². The fraction of sp³-hybridized carbons (Fsp3) is 0.500. The largest absolute Gasteiger partial charge is 0.385 e. The smallest absolute Gasteiger partial charge is 0.270 e. The number of hydrogen-bond acceptors (Lipinski definition) is 4. The molecule has 1 amide bonds. The van der Waals surface area contributed by atoms with Crippen molar-refractivity contribution in [1.29, 1.82) is 0 Å². The molecular formula is C12H19N3O2. The van der Waals surface area contributed by atoms with Gasteiger partial charge in [-0.3, -0.25) is 9.78 Å². The van der Waals surface area contributed by atoms with Crippen LogP contribution in [0.15, 0.2) is 18.3 Å². The summed E-state index contributed by atoms with van der Waals surface area (Å²) in [6.07, 6.45) is 1.62. The number of nitrogens with zero attached hydrogens (tertiary/aromatic N) is 1. The second-order valence-electron chi connectivity index (χ2n) is 3.79. The molecule has 0 aliphatic rings. The van der Waals surface area contributed by atoms with E-state index in [1.165, 1.54) is 0 Å². The molecule has 1 aromatic rings. The summed E-state index contributed by atoms with van der Waals surface area (Å²) in [5, 5.41) is 5.95. The van der Waals surface area contributed by atoms with E-state index >= 15 is 0 Å². The maximum absolute atomic E-state index is 11.8. The summed E-state index contributed by atoms with van der Waals surface area (Å²) >= 11 is 0. The molecule has 0 aromatic carbocycles. The van der Waals surface area contributed by atoms with Gasteiger partial charge in [0.05, 0.1) is 6.61 Å². The highest BCUT2D eigenvalue weighted by molar-refractivity contribution is 5.93. The highest BCUT2D eigenvalue weighted by Gasteiger charge is 2.11. The van der Waals surface area contributed by atoms with E-state index in [-0.39, 0.29) is 11.9 Å². The molecule has 1 unspecified atom stereocenters. The number of rotatable bonds is 6. The Morgan fingerprint density at radius 1 is 1.59 bits per heavy atom. The molecule has 1 aromatic heterocycles. The van der Waals surface area contributed by atoms with Gasteiger partial charge in [-0.15, -0.1) is 0 Å². The topological polar surface area (TPSA) is 63.2 Å². The summed E-state index contributed by atoms with van der Waals surface area (Å²) in [5.74, 6) is -0.186. The minimum atomic E-state index is -0.186. The maximum Gasteiger partial charge on any atom is 0.270 e. The molecule has 0 aliphatic carbocycles. The Morgan fingerprint density at radius 3 is 3.00 bits per heavy atom. The van der Waals surface area contributed by atoms with E-state index in [9.17, 15) is 4.79 Å². The number of anilines is 1. The van der Waals surface area contributed by atoms with Crippen molar-refractivity contribution in [3.8, 4) is 0 Å². The number of aromatic nitrogens is 1. The minimum Gasteiger partial charge on any atom is -0.385 e. The summed E-state index contributed by atoms with van der Waals surface area (Å²) in [7, 11) is 1.60. The Kier molecular flexibility index (Phi) is 5.42. The van der Waals surface area contributed by atoms with Crippen LogP contribution in [0.2, 0.25) is 0 Å². The molecule has 1 heterocycles. The summed E-state index contributed by atoms with van der Waals surface area (Å²) < 4.78 is 4.96. The Bertz CT molecular complexity index is 369. The molecule has 94 valence electrons. The Morgan fingerprint density at radius 2 is 2.35 bits per heavy atom. The number of nitrogens with one attached hydrogen (secondary N) is 2. The summed E-state index contributed by atoms with van der Waals surface area (Å²) in [5.41, 5.74) is 1.30. The maximum atomic E-state index is 11.8. The van der Waals surface area contributed by atoms with E-state index in [1.54, 1.807) is 19.4 Å². The quantitative estimate of drug-likeness (QED) is 0.782. The second kappa shape index (κ2) is 6.85. The van der Waals surface area contributed by atoms with Gasteiger partial charge in [-0.2, -0.15) is 0 Å². The second-order valence-corrected chi connectivity index (χ2v) is 3.79. The van der Waals surface area contributed by atoms with Gasteiger partial charge in [-0.05, 0) is 26.0 Å². The van der Waals surface area contributed by atoms with Crippen LogP contribution in [0.25, 0.3) is 0 Å². The molecular weight excluding hydrogens is 218 g/mol. The highest BCUT2D eigenvalue weighted by Crippen LogP contribution is 2.07. The van der Waals surface area contributed by atoms with E-state index in [2.05, 4.69) is 15.6 Å². The Balaban J connectivity index is 2.65. The molecule has 0 saturated carbocycles. The van der Waals surface area contributed by atoms with E-state index < -0.39 is 0 Å². The van der Waals surface area contributed by atoms with Crippen LogP contribution in [-0.2, 0) is 4.74 Å². The van der Waals surface area contributed by atoms with Crippen molar-refractivity contribution in [1.82, 2.24) is 10.3 Å². The van der Waals surface area contributed by atoms with Crippen LogP contribution >= 0.6 is 0 Å². The normalized spacial score (nSPS) is 11.9. The number of amides is 1. The van der Waals surface area contributed by atoms with Gasteiger partial charge in [0.25, 0.3) is 5.91 Å². The molecule has 0 radical (unpaired) electrons. The predicted octanol–water partition coefficient (Wildman–Crippen LogP) is 1.28. The summed E-state index contributed by atoms with van der Waals surface area (Å²) in [6, 6.07) is 3.54. The van der Waals surface area contributed by atoms with Crippen molar-refractivity contribution in [2.75, 3.05) is 25.6 Å². The zero-order chi connectivity index (χ0) is 12.7. The summed E-state index contributed by atoms with van der Waals surface area (Å²) in [6.45, 7) is 5.18. The lowest BCUT2D eigenvalue weighted by molar-refractivity contribution is 0.0900. The van der Waals surface area contributed by atoms with Crippen molar-refractivity contribution in [3.63, 3.8) is 0 Å². The van der Waals surface area contributed by atoms with Gasteiger partial charge >= 0.3 is 0 Å². The van der Waals surface area contributed by atoms with Gasteiger partial charge in [0.15, 0.2) is 0 Å². The molecule has 0 saturated heterocycles. The number of methoxy groups -OCH3 is 1. The molecule has 0 bridgehead atoms. The van der Waals surface area contributed by atoms with E-state index in [0.717, 1.165) is 12.2 Å². The van der Waals surface area contributed by atoms with E-state index in [1.807, 2.05) is 19.9 Å². The van der Waals surface area contributed by atoms with Gasteiger partial charge in [0, 0.05) is 31.6 Å². The molecule has 2 N–H and O–H groups in total. The molecule has 0 fully saturated rings. The zero-order valence-corrected chi connectivity index (χ0v) is 10.5. The van der Waals surface area contributed by atoms with Crippen molar-refractivity contribution in [2.24, 2.45) is 0 Å². The first-order valence-corrected chi connectivity index (χ1v) is 5.67. The highest BCUT2D eigenvalue weighted by atomic mass is 16.5. The molecule has 1 atom stereocenters. The van der Waals surface area contributed by atoms with Crippen molar-refractivity contribution >= 4 is 11.6 Å². The number of carbonyl (C=O) groups is 1.